The molecule has 4 heterocycles. The lowest BCUT2D eigenvalue weighted by molar-refractivity contribution is 0.651. The largest absolute Gasteiger partial charge is 0.256 e. The van der Waals surface area contributed by atoms with E-state index >= 15 is 0 Å². The molecule has 0 amide bonds. The Morgan fingerprint density at radius 2 is 0.982 bits per heavy atom. The van der Waals surface area contributed by atoms with Crippen LogP contribution in [0.1, 0.15) is 49.9 Å². The Morgan fingerprint density at radius 1 is 0.393 bits per heavy atom. The number of rotatable bonds is 4. The van der Waals surface area contributed by atoms with Crippen LogP contribution in [0, 0.1) is 0 Å². The van der Waals surface area contributed by atoms with Gasteiger partial charge in [0.15, 0.2) is 17.5 Å². The Morgan fingerprint density at radius 3 is 1.71 bits per heavy atom. The van der Waals surface area contributed by atoms with E-state index in [1.807, 2.05) is 30.7 Å². The van der Waals surface area contributed by atoms with Crippen molar-refractivity contribution in [1.82, 2.24) is 29.9 Å². The molecule has 0 spiro atoms. The molecule has 0 saturated heterocycles. The lowest BCUT2D eigenvalue weighted by Gasteiger charge is -2.24. The highest BCUT2D eigenvalue weighted by atomic mass is 15.0. The molecule has 0 fully saturated rings. The van der Waals surface area contributed by atoms with Gasteiger partial charge in [0, 0.05) is 62.8 Å². The van der Waals surface area contributed by atoms with Crippen LogP contribution in [-0.2, 0) is 10.8 Å². The normalized spacial score (nSPS) is 14.4. The first kappa shape index (κ1) is 32.5. The smallest absolute Gasteiger partial charge is 0.165 e. The molecule has 0 radical (unpaired) electrons. The van der Waals surface area contributed by atoms with Gasteiger partial charge in [0.1, 0.15) is 0 Å². The third-order valence-corrected chi connectivity index (χ3v) is 12.1. The molecule has 6 heteroatoms. The molecule has 0 unspecified atom stereocenters. The van der Waals surface area contributed by atoms with E-state index in [2.05, 4.69) is 143 Å². The van der Waals surface area contributed by atoms with Gasteiger partial charge in [-0.15, -0.1) is 0 Å². The Balaban J connectivity index is 1.08. The summed E-state index contributed by atoms with van der Waals surface area (Å²) >= 11 is 0. The van der Waals surface area contributed by atoms with Crippen LogP contribution < -0.4 is 0 Å². The number of pyridine rings is 3. The monoisotopic (exact) mass is 720 g/mol. The summed E-state index contributed by atoms with van der Waals surface area (Å²) in [5.41, 5.74) is 13.6. The second kappa shape index (κ2) is 11.8. The first-order chi connectivity index (χ1) is 27.3. The minimum atomic E-state index is -0.308. The highest BCUT2D eigenvalue weighted by molar-refractivity contribution is 5.97. The fourth-order valence-corrected chi connectivity index (χ4v) is 9.06. The van der Waals surface area contributed by atoms with E-state index in [1.165, 1.54) is 33.2 Å². The van der Waals surface area contributed by atoms with Crippen molar-refractivity contribution in [2.45, 2.75) is 38.5 Å². The zero-order valence-electron chi connectivity index (χ0n) is 31.5. The fraction of sp³-hybridized carbons (Fsp3) is 0.120. The summed E-state index contributed by atoms with van der Waals surface area (Å²) in [6, 6.07) is 44.7. The average Bonchev–Trinajstić information content (AvgIpc) is 3.61. The summed E-state index contributed by atoms with van der Waals surface area (Å²) in [7, 11) is 0. The van der Waals surface area contributed by atoms with Crippen LogP contribution >= 0.6 is 0 Å². The Hall–Kier alpha value is -6.92. The quantitative estimate of drug-likeness (QED) is 0.180. The van der Waals surface area contributed by atoms with Gasteiger partial charge >= 0.3 is 0 Å². The molecule has 2 aliphatic carbocycles. The van der Waals surface area contributed by atoms with Crippen LogP contribution in [0.25, 0.3) is 89.5 Å². The van der Waals surface area contributed by atoms with Crippen LogP contribution in [0.5, 0.6) is 0 Å². The van der Waals surface area contributed by atoms with Crippen molar-refractivity contribution < 1.29 is 0 Å². The summed E-state index contributed by atoms with van der Waals surface area (Å²) < 4.78 is 0. The first-order valence-electron chi connectivity index (χ1n) is 19.1. The molecular formula is C50H36N6. The van der Waals surface area contributed by atoms with Crippen LogP contribution in [0.3, 0.4) is 0 Å². The molecule has 4 aromatic heterocycles. The minimum Gasteiger partial charge on any atom is -0.256 e. The van der Waals surface area contributed by atoms with E-state index in [0.29, 0.717) is 17.5 Å². The molecule has 0 bridgehead atoms. The third kappa shape index (κ3) is 4.75. The maximum absolute atomic E-state index is 5.21. The van der Waals surface area contributed by atoms with Crippen LogP contribution in [-0.4, -0.2) is 29.9 Å². The van der Waals surface area contributed by atoms with Crippen molar-refractivity contribution in [3.63, 3.8) is 0 Å². The van der Waals surface area contributed by atoms with Crippen molar-refractivity contribution in [2.24, 2.45) is 0 Å². The molecule has 2 aliphatic rings. The van der Waals surface area contributed by atoms with Crippen molar-refractivity contribution in [2.75, 3.05) is 0 Å². The SMILES string of the molecule is CC1(C)c2cc3c(cc2-c2ncccc21)C(C)(C)c1cc(-c2nc(-c4ccnc(-c5cccc6ccccc56)c4)nc(-c4cccc5ccccc45)n2)cnc1-3. The molecule has 56 heavy (non-hydrogen) atoms. The van der Waals surface area contributed by atoms with Crippen LogP contribution in [0.2, 0.25) is 0 Å². The van der Waals surface area contributed by atoms with Crippen LogP contribution in [0.4, 0.5) is 0 Å². The molecule has 9 aromatic rings. The Labute approximate surface area is 325 Å². The van der Waals surface area contributed by atoms with Crippen LogP contribution in [0.15, 0.2) is 146 Å². The average molecular weight is 721 g/mol. The number of hydrogen-bond donors (Lipinski definition) is 0. The van der Waals surface area contributed by atoms with Gasteiger partial charge in [-0.25, -0.2) is 15.0 Å². The lowest BCUT2D eigenvalue weighted by atomic mass is 9.79. The van der Waals surface area contributed by atoms with Crippen molar-refractivity contribution in [3.05, 3.63) is 168 Å². The molecule has 0 aliphatic heterocycles. The molecule has 5 aromatic carbocycles. The van der Waals surface area contributed by atoms with Gasteiger partial charge in [-0.3, -0.25) is 15.0 Å². The molecule has 266 valence electrons. The molecular weight excluding hydrogens is 685 g/mol. The molecule has 6 nitrogen and oxygen atoms in total. The molecule has 11 rings (SSSR count). The van der Waals surface area contributed by atoms with Gasteiger partial charge < -0.3 is 0 Å². The summed E-state index contributed by atoms with van der Waals surface area (Å²) in [4.78, 5) is 30.4. The minimum absolute atomic E-state index is 0.152. The maximum Gasteiger partial charge on any atom is 0.165 e. The standard InChI is InChI=1S/C50H36N6/c1-49(2)39-20-11-22-52-44(39)37-26-41-38(27-40(37)49)45-42(50(41,3)4)24-32(28-53-45)47-54-46(55-48(56-47)36-19-10-15-30-13-6-8-17-34(30)36)31-21-23-51-43(25-31)35-18-9-14-29-12-5-7-16-33(29)35/h5-28H,1-4H3. The van der Waals surface area contributed by atoms with Gasteiger partial charge in [0.2, 0.25) is 0 Å². The maximum atomic E-state index is 5.21. The number of hydrogen-bond acceptors (Lipinski definition) is 6. The number of nitrogens with zero attached hydrogens (tertiary/aromatic N) is 6. The summed E-state index contributed by atoms with van der Waals surface area (Å²) in [5, 5.41) is 4.53. The van der Waals surface area contributed by atoms with Gasteiger partial charge in [0.05, 0.1) is 17.1 Å². The molecule has 0 atom stereocenters. The Bertz CT molecular complexity index is 3100. The predicted molar refractivity (Wildman–Crippen MR) is 225 cm³/mol. The van der Waals surface area contributed by atoms with Gasteiger partial charge in [-0.1, -0.05) is 119 Å². The summed E-state index contributed by atoms with van der Waals surface area (Å²) in [5.74, 6) is 1.76. The number of benzene rings is 5. The van der Waals surface area contributed by atoms with Crippen molar-refractivity contribution in [1.29, 1.82) is 0 Å². The third-order valence-electron chi connectivity index (χ3n) is 12.1. The number of fused-ring (bicyclic) bond motifs is 8. The summed E-state index contributed by atoms with van der Waals surface area (Å²) in [6.45, 7) is 9.17. The zero-order chi connectivity index (χ0) is 37.8. The summed E-state index contributed by atoms with van der Waals surface area (Å²) in [6.07, 6.45) is 5.67. The van der Waals surface area contributed by atoms with E-state index in [9.17, 15) is 0 Å². The van der Waals surface area contributed by atoms with Gasteiger partial charge in [-0.2, -0.15) is 0 Å². The van der Waals surface area contributed by atoms with Crippen molar-refractivity contribution in [3.8, 4) is 67.9 Å². The van der Waals surface area contributed by atoms with Gasteiger partial charge in [0.25, 0.3) is 0 Å². The van der Waals surface area contributed by atoms with E-state index in [4.69, 9.17) is 29.9 Å². The highest BCUT2D eigenvalue weighted by Gasteiger charge is 2.43. The number of aromatic nitrogens is 6. The van der Waals surface area contributed by atoms with E-state index < -0.39 is 0 Å². The topological polar surface area (TPSA) is 77.3 Å². The highest BCUT2D eigenvalue weighted by Crippen LogP contribution is 2.55. The first-order valence-corrected chi connectivity index (χ1v) is 19.1. The zero-order valence-corrected chi connectivity index (χ0v) is 31.5. The van der Waals surface area contributed by atoms with E-state index in [-0.39, 0.29) is 10.8 Å². The Kier molecular flexibility index (Phi) is 6.84. The van der Waals surface area contributed by atoms with E-state index in [1.54, 1.807) is 0 Å². The van der Waals surface area contributed by atoms with Gasteiger partial charge in [-0.05, 0) is 80.2 Å². The van der Waals surface area contributed by atoms with E-state index in [0.717, 1.165) is 61.1 Å². The molecule has 0 N–H and O–H groups in total. The predicted octanol–water partition coefficient (Wildman–Crippen LogP) is 11.6. The molecule has 0 saturated carbocycles. The lowest BCUT2D eigenvalue weighted by Crippen LogP contribution is -2.17. The van der Waals surface area contributed by atoms with Crippen molar-refractivity contribution >= 4 is 21.5 Å². The second-order valence-corrected chi connectivity index (χ2v) is 16.0. The second-order valence-electron chi connectivity index (χ2n) is 16.0. The fourth-order valence-electron chi connectivity index (χ4n) is 9.06.